The second kappa shape index (κ2) is 12.6. The molecule has 5 heteroatoms. The van der Waals surface area contributed by atoms with Crippen LogP contribution < -0.4 is 10.6 Å². The molecule has 6 aliphatic rings. The third kappa shape index (κ3) is 5.48. The molecule has 1 aromatic rings. The number of fused-ring (bicyclic) bond motifs is 7. The number of aromatic carboxylic acids is 1. The van der Waals surface area contributed by atoms with E-state index in [1.54, 1.807) is 12.1 Å². The van der Waals surface area contributed by atoms with Crippen LogP contribution in [0, 0.1) is 63.1 Å². The maximum atomic E-state index is 13.7. The first kappa shape index (κ1) is 36.0. The molecular weight excluding hydrogens is 617 g/mol. The number of carboxylic acid groups (broad SMARTS) is 1. The van der Waals surface area contributed by atoms with Crippen LogP contribution in [0.25, 0.3) is 5.57 Å². The zero-order valence-corrected chi connectivity index (χ0v) is 32.3. The summed E-state index contributed by atoms with van der Waals surface area (Å²) in [6, 6.07) is 7.58. The van der Waals surface area contributed by atoms with Crippen molar-refractivity contribution in [3.63, 3.8) is 0 Å². The predicted octanol–water partition coefficient (Wildman–Crippen LogP) is 9.93. The van der Waals surface area contributed by atoms with Gasteiger partial charge in [-0.2, -0.15) is 0 Å². The largest absolute Gasteiger partial charge is 0.478 e. The van der Waals surface area contributed by atoms with Gasteiger partial charge in [-0.05, 0) is 170 Å². The summed E-state index contributed by atoms with van der Waals surface area (Å²) in [6.45, 7) is 23.5. The van der Waals surface area contributed by atoms with E-state index in [2.05, 4.69) is 71.8 Å². The van der Waals surface area contributed by atoms with Crippen LogP contribution in [-0.4, -0.2) is 35.6 Å². The summed E-state index contributed by atoms with van der Waals surface area (Å²) in [5, 5.41) is 16.8. The third-order valence-corrected chi connectivity index (χ3v) is 17.0. The van der Waals surface area contributed by atoms with Crippen molar-refractivity contribution in [2.45, 2.75) is 131 Å². The van der Waals surface area contributed by atoms with Crippen LogP contribution >= 0.6 is 0 Å². The van der Waals surface area contributed by atoms with Crippen molar-refractivity contribution in [3.8, 4) is 0 Å². The Hall–Kier alpha value is -2.40. The standard InChI is InChI=1S/C45H66N2O3/c1-28(2)33-17-22-45(47-38(48)27-46-26-30-10-9-29(3)25-30)24-23-43(7)35(39(33)45)15-16-37-42(6)20-18-34(31-11-13-32(14-12-31)40(49)50)41(4,5)36(42)19-21-44(37,43)8/h11-14,18,29-30,33,35-37,39,46H,1,9-10,15-17,19-27H2,2-8H3,(H,47,48)(H,49,50)/t29-,30?,33-,35+,36?,37?,39?,42-,43+,44+,45-/m0/s1. The summed E-state index contributed by atoms with van der Waals surface area (Å²) in [5.74, 6) is 3.62. The molecule has 1 amide bonds. The second-order valence-electron chi connectivity index (χ2n) is 19.7. The molecule has 5 saturated carbocycles. The molecule has 274 valence electrons. The Bertz CT molecular complexity index is 1540. The molecule has 11 atom stereocenters. The number of carboxylic acids is 1. The molecule has 7 rings (SSSR count). The minimum absolute atomic E-state index is 0.00334. The molecule has 50 heavy (non-hydrogen) atoms. The molecule has 0 heterocycles. The molecule has 0 bridgehead atoms. The van der Waals surface area contributed by atoms with Crippen LogP contribution in [0.3, 0.4) is 0 Å². The van der Waals surface area contributed by atoms with E-state index in [1.807, 2.05) is 12.1 Å². The fourth-order valence-electron chi connectivity index (χ4n) is 14.5. The molecule has 4 unspecified atom stereocenters. The first-order valence-corrected chi connectivity index (χ1v) is 20.3. The van der Waals surface area contributed by atoms with Gasteiger partial charge in [0.1, 0.15) is 0 Å². The summed E-state index contributed by atoms with van der Waals surface area (Å²) < 4.78 is 0. The fraction of sp³-hybridized carbons (Fsp3) is 0.733. The molecule has 6 aliphatic carbocycles. The normalized spacial score (nSPS) is 43.1. The number of benzene rings is 1. The van der Waals surface area contributed by atoms with Gasteiger partial charge in [-0.3, -0.25) is 4.79 Å². The maximum Gasteiger partial charge on any atom is 0.335 e. The van der Waals surface area contributed by atoms with Crippen LogP contribution in [0.2, 0.25) is 0 Å². The zero-order chi connectivity index (χ0) is 35.9. The monoisotopic (exact) mass is 683 g/mol. The maximum absolute atomic E-state index is 13.7. The molecule has 3 N–H and O–H groups in total. The highest BCUT2D eigenvalue weighted by atomic mass is 16.4. The number of nitrogens with one attached hydrogen (secondary N) is 2. The summed E-state index contributed by atoms with van der Waals surface area (Å²) in [6.07, 6.45) is 17.0. The molecule has 0 spiro atoms. The van der Waals surface area contributed by atoms with E-state index in [0.717, 1.165) is 38.1 Å². The van der Waals surface area contributed by atoms with Gasteiger partial charge in [0.05, 0.1) is 12.1 Å². The van der Waals surface area contributed by atoms with Gasteiger partial charge >= 0.3 is 5.97 Å². The zero-order valence-electron chi connectivity index (χ0n) is 32.3. The van der Waals surface area contributed by atoms with Gasteiger partial charge in [-0.1, -0.05) is 78.3 Å². The Balaban J connectivity index is 1.13. The first-order valence-electron chi connectivity index (χ1n) is 20.3. The van der Waals surface area contributed by atoms with Crippen molar-refractivity contribution >= 4 is 17.4 Å². The van der Waals surface area contributed by atoms with Crippen LogP contribution in [0.4, 0.5) is 0 Å². The van der Waals surface area contributed by atoms with Gasteiger partial charge in [0.15, 0.2) is 0 Å². The highest BCUT2D eigenvalue weighted by molar-refractivity contribution is 5.88. The Morgan fingerprint density at radius 1 is 0.880 bits per heavy atom. The Kier molecular flexibility index (Phi) is 9.09. The van der Waals surface area contributed by atoms with Crippen LogP contribution in [0.15, 0.2) is 42.5 Å². The van der Waals surface area contributed by atoms with E-state index in [1.165, 1.54) is 68.1 Å². The number of allylic oxidation sites excluding steroid dienone is 3. The molecule has 5 nitrogen and oxygen atoms in total. The average Bonchev–Trinajstić information content (AvgIpc) is 3.64. The number of carbonyl (C=O) groups is 2. The van der Waals surface area contributed by atoms with Crippen LogP contribution in [0.1, 0.15) is 141 Å². The lowest BCUT2D eigenvalue weighted by molar-refractivity contribution is -0.219. The van der Waals surface area contributed by atoms with Crippen molar-refractivity contribution in [1.82, 2.24) is 10.6 Å². The summed E-state index contributed by atoms with van der Waals surface area (Å²) >= 11 is 0. The van der Waals surface area contributed by atoms with Crippen molar-refractivity contribution in [1.29, 1.82) is 0 Å². The molecule has 0 radical (unpaired) electrons. The number of rotatable bonds is 8. The lowest BCUT2D eigenvalue weighted by atomic mass is 9.33. The number of carbonyl (C=O) groups excluding carboxylic acids is 1. The second-order valence-corrected chi connectivity index (χ2v) is 19.7. The van der Waals surface area contributed by atoms with Gasteiger partial charge in [-0.25, -0.2) is 4.79 Å². The Morgan fingerprint density at radius 3 is 2.28 bits per heavy atom. The molecular formula is C45H66N2O3. The van der Waals surface area contributed by atoms with E-state index >= 15 is 0 Å². The van der Waals surface area contributed by atoms with E-state index in [4.69, 9.17) is 0 Å². The Labute approximate surface area is 302 Å². The predicted molar refractivity (Wildman–Crippen MR) is 204 cm³/mol. The van der Waals surface area contributed by atoms with Gasteiger partial charge in [-0.15, -0.1) is 0 Å². The molecule has 0 aromatic heterocycles. The summed E-state index contributed by atoms with van der Waals surface area (Å²) in [5.41, 5.74) is 4.79. The first-order chi connectivity index (χ1) is 23.6. The fourth-order valence-corrected chi connectivity index (χ4v) is 14.5. The highest BCUT2D eigenvalue weighted by Gasteiger charge is 2.70. The molecule has 0 saturated heterocycles. The number of hydrogen-bond acceptors (Lipinski definition) is 3. The van der Waals surface area contributed by atoms with Crippen molar-refractivity contribution < 1.29 is 14.7 Å². The SMILES string of the molecule is C=C(C)[C@@H]1CC[C@]2(NC(=O)CNCC3CC[C@H](C)C3)CC[C@]3(C)[C@H](CCC4[C@@]5(C)CC=C(c6ccc(C(=O)O)cc6)C(C)(C)C5CC[C@]43C)C12. The van der Waals surface area contributed by atoms with E-state index < -0.39 is 5.97 Å². The van der Waals surface area contributed by atoms with Gasteiger partial charge in [0.2, 0.25) is 5.91 Å². The van der Waals surface area contributed by atoms with Crippen LogP contribution in [0.5, 0.6) is 0 Å². The third-order valence-electron chi connectivity index (χ3n) is 17.0. The van der Waals surface area contributed by atoms with Gasteiger partial charge < -0.3 is 15.7 Å². The smallest absolute Gasteiger partial charge is 0.335 e. The minimum Gasteiger partial charge on any atom is -0.478 e. The van der Waals surface area contributed by atoms with E-state index in [0.29, 0.717) is 47.6 Å². The van der Waals surface area contributed by atoms with Crippen LogP contribution in [-0.2, 0) is 4.79 Å². The average molecular weight is 683 g/mol. The number of amides is 1. The van der Waals surface area contributed by atoms with Crippen molar-refractivity contribution in [2.24, 2.45) is 63.1 Å². The summed E-state index contributed by atoms with van der Waals surface area (Å²) in [4.78, 5) is 25.3. The highest BCUT2D eigenvalue weighted by Crippen LogP contribution is 2.76. The van der Waals surface area contributed by atoms with E-state index in [-0.39, 0.29) is 33.1 Å². The summed E-state index contributed by atoms with van der Waals surface area (Å²) in [7, 11) is 0. The minimum atomic E-state index is -0.868. The molecule has 0 aliphatic heterocycles. The van der Waals surface area contributed by atoms with Crippen molar-refractivity contribution in [3.05, 3.63) is 53.6 Å². The van der Waals surface area contributed by atoms with E-state index in [9.17, 15) is 14.7 Å². The van der Waals surface area contributed by atoms with Gasteiger partial charge in [0, 0.05) is 5.54 Å². The lowest BCUT2D eigenvalue weighted by Gasteiger charge is -2.72. The molecule has 5 fully saturated rings. The lowest BCUT2D eigenvalue weighted by Crippen LogP contribution is -2.68. The quantitative estimate of drug-likeness (QED) is 0.239. The van der Waals surface area contributed by atoms with Gasteiger partial charge in [0.25, 0.3) is 0 Å². The molecule has 1 aromatic carbocycles. The number of hydrogen-bond donors (Lipinski definition) is 3. The topological polar surface area (TPSA) is 78.4 Å². The Morgan fingerprint density at radius 2 is 1.62 bits per heavy atom. The van der Waals surface area contributed by atoms with Crippen molar-refractivity contribution in [2.75, 3.05) is 13.1 Å².